The molecule has 5 heteroatoms. The van der Waals surface area contributed by atoms with Crippen LogP contribution in [0.15, 0.2) is 0 Å². The van der Waals surface area contributed by atoms with E-state index < -0.39 is 11.5 Å². The Morgan fingerprint density at radius 1 is 1.28 bits per heavy atom. The standard InChI is InChI=1S/C13H16O5/c1-5-7(3)18-4-8-9(5)6(2)11(14)10(12(8)15)13(16)17/h5,7,14-15H,4H2,1-3H3,(H,16,17)/t5-,7-/m0/s1. The quantitative estimate of drug-likeness (QED) is 0.712. The smallest absolute Gasteiger partial charge is 0.343 e. The Morgan fingerprint density at radius 3 is 2.44 bits per heavy atom. The van der Waals surface area contributed by atoms with Crippen LogP contribution in [0.5, 0.6) is 11.5 Å². The molecule has 1 aliphatic heterocycles. The van der Waals surface area contributed by atoms with E-state index in [0.717, 1.165) is 5.56 Å². The molecule has 0 unspecified atom stereocenters. The van der Waals surface area contributed by atoms with Gasteiger partial charge < -0.3 is 20.1 Å². The van der Waals surface area contributed by atoms with Crippen LogP contribution in [0.2, 0.25) is 0 Å². The molecule has 0 spiro atoms. The first-order valence-corrected chi connectivity index (χ1v) is 5.78. The van der Waals surface area contributed by atoms with E-state index in [1.807, 2.05) is 13.8 Å². The summed E-state index contributed by atoms with van der Waals surface area (Å²) in [5, 5.41) is 29.0. The number of carbonyl (C=O) groups is 1. The van der Waals surface area contributed by atoms with E-state index in [9.17, 15) is 15.0 Å². The highest BCUT2D eigenvalue weighted by Crippen LogP contribution is 2.44. The van der Waals surface area contributed by atoms with Crippen molar-refractivity contribution in [2.24, 2.45) is 0 Å². The van der Waals surface area contributed by atoms with Crippen molar-refractivity contribution in [3.63, 3.8) is 0 Å². The molecule has 98 valence electrons. The van der Waals surface area contributed by atoms with E-state index in [-0.39, 0.29) is 30.1 Å². The summed E-state index contributed by atoms with van der Waals surface area (Å²) < 4.78 is 5.49. The second kappa shape index (κ2) is 4.17. The van der Waals surface area contributed by atoms with Gasteiger partial charge in [0.25, 0.3) is 0 Å². The van der Waals surface area contributed by atoms with Gasteiger partial charge in [0.15, 0.2) is 0 Å². The molecule has 1 aliphatic rings. The van der Waals surface area contributed by atoms with Gasteiger partial charge in [0.2, 0.25) is 0 Å². The van der Waals surface area contributed by atoms with Crippen molar-refractivity contribution in [3.05, 3.63) is 22.3 Å². The van der Waals surface area contributed by atoms with E-state index >= 15 is 0 Å². The third kappa shape index (κ3) is 1.62. The summed E-state index contributed by atoms with van der Waals surface area (Å²) in [5.74, 6) is -2.10. The molecule has 18 heavy (non-hydrogen) atoms. The molecule has 0 aromatic heterocycles. The van der Waals surface area contributed by atoms with Crippen LogP contribution in [0.25, 0.3) is 0 Å². The molecular formula is C13H16O5. The van der Waals surface area contributed by atoms with Crippen LogP contribution in [-0.4, -0.2) is 27.4 Å². The van der Waals surface area contributed by atoms with Gasteiger partial charge in [-0.3, -0.25) is 0 Å². The number of aromatic hydroxyl groups is 2. The summed E-state index contributed by atoms with van der Waals surface area (Å²) in [4.78, 5) is 11.1. The number of hydrogen-bond donors (Lipinski definition) is 3. The molecule has 0 fully saturated rings. The largest absolute Gasteiger partial charge is 0.507 e. The topological polar surface area (TPSA) is 87.0 Å². The normalized spacial score (nSPS) is 22.6. The molecule has 1 heterocycles. The average Bonchev–Trinajstić information content (AvgIpc) is 2.29. The van der Waals surface area contributed by atoms with Gasteiger partial charge in [0.1, 0.15) is 17.1 Å². The van der Waals surface area contributed by atoms with Gasteiger partial charge in [0, 0.05) is 11.5 Å². The molecule has 2 rings (SSSR count). The minimum atomic E-state index is -1.35. The van der Waals surface area contributed by atoms with Crippen LogP contribution in [-0.2, 0) is 11.3 Å². The summed E-state index contributed by atoms with van der Waals surface area (Å²) in [6, 6.07) is 0. The minimum absolute atomic E-state index is 0.00612. The van der Waals surface area contributed by atoms with Crippen LogP contribution in [0.4, 0.5) is 0 Å². The first-order chi connectivity index (χ1) is 8.36. The maximum Gasteiger partial charge on any atom is 0.343 e. The van der Waals surface area contributed by atoms with Crippen molar-refractivity contribution in [2.45, 2.75) is 39.4 Å². The maximum atomic E-state index is 11.1. The molecule has 0 bridgehead atoms. The summed E-state index contributed by atoms with van der Waals surface area (Å²) in [7, 11) is 0. The van der Waals surface area contributed by atoms with Gasteiger partial charge >= 0.3 is 5.97 Å². The fraction of sp³-hybridized carbons (Fsp3) is 0.462. The number of phenols is 2. The van der Waals surface area contributed by atoms with Crippen molar-refractivity contribution in [3.8, 4) is 11.5 Å². The molecule has 1 aromatic carbocycles. The number of aromatic carboxylic acids is 1. The highest BCUT2D eigenvalue weighted by molar-refractivity contribution is 5.95. The molecule has 0 amide bonds. The monoisotopic (exact) mass is 252 g/mol. The first-order valence-electron chi connectivity index (χ1n) is 5.78. The van der Waals surface area contributed by atoms with Crippen LogP contribution in [0.1, 0.15) is 46.8 Å². The van der Waals surface area contributed by atoms with E-state index in [0.29, 0.717) is 11.1 Å². The summed E-state index contributed by atoms with van der Waals surface area (Å²) in [5.41, 5.74) is 1.31. The fourth-order valence-electron chi connectivity index (χ4n) is 2.49. The molecule has 2 atom stereocenters. The molecule has 0 saturated carbocycles. The number of ether oxygens (including phenoxy) is 1. The lowest BCUT2D eigenvalue weighted by atomic mass is 9.84. The van der Waals surface area contributed by atoms with E-state index in [4.69, 9.17) is 9.84 Å². The van der Waals surface area contributed by atoms with Crippen molar-refractivity contribution < 1.29 is 24.9 Å². The zero-order valence-corrected chi connectivity index (χ0v) is 10.5. The highest BCUT2D eigenvalue weighted by atomic mass is 16.5. The van der Waals surface area contributed by atoms with Crippen LogP contribution in [0.3, 0.4) is 0 Å². The Balaban J connectivity index is 2.77. The Hall–Kier alpha value is -1.75. The Bertz CT molecular complexity index is 521. The summed E-state index contributed by atoms with van der Waals surface area (Å²) in [6.45, 7) is 5.66. The van der Waals surface area contributed by atoms with Gasteiger partial charge in [-0.25, -0.2) is 4.79 Å². The van der Waals surface area contributed by atoms with Crippen molar-refractivity contribution >= 4 is 5.97 Å². The van der Waals surface area contributed by atoms with Gasteiger partial charge in [0.05, 0.1) is 12.7 Å². The van der Waals surface area contributed by atoms with Crippen molar-refractivity contribution in [1.82, 2.24) is 0 Å². The van der Waals surface area contributed by atoms with Crippen molar-refractivity contribution in [1.29, 1.82) is 0 Å². The molecular weight excluding hydrogens is 236 g/mol. The van der Waals surface area contributed by atoms with Gasteiger partial charge in [-0.1, -0.05) is 6.92 Å². The van der Waals surface area contributed by atoms with Gasteiger partial charge in [-0.2, -0.15) is 0 Å². The third-order valence-electron chi connectivity index (χ3n) is 3.71. The van der Waals surface area contributed by atoms with Crippen LogP contribution >= 0.6 is 0 Å². The van der Waals surface area contributed by atoms with Gasteiger partial charge in [-0.05, 0) is 25.0 Å². The molecule has 0 aliphatic carbocycles. The number of fused-ring (bicyclic) bond motifs is 1. The van der Waals surface area contributed by atoms with Crippen LogP contribution < -0.4 is 0 Å². The summed E-state index contributed by atoms with van der Waals surface area (Å²) >= 11 is 0. The first kappa shape index (κ1) is 12.7. The lowest BCUT2D eigenvalue weighted by molar-refractivity contribution is 0.0223. The average molecular weight is 252 g/mol. The predicted molar refractivity (Wildman–Crippen MR) is 64.1 cm³/mol. The van der Waals surface area contributed by atoms with E-state index in [1.165, 1.54) is 0 Å². The Labute approximate surface area is 105 Å². The van der Waals surface area contributed by atoms with E-state index in [2.05, 4.69) is 0 Å². The molecule has 1 aromatic rings. The number of benzene rings is 1. The second-order valence-electron chi connectivity index (χ2n) is 4.70. The maximum absolute atomic E-state index is 11.1. The van der Waals surface area contributed by atoms with Crippen molar-refractivity contribution in [2.75, 3.05) is 0 Å². The summed E-state index contributed by atoms with van der Waals surface area (Å²) in [6.07, 6.45) is -0.0364. The minimum Gasteiger partial charge on any atom is -0.507 e. The van der Waals surface area contributed by atoms with Crippen LogP contribution in [0, 0.1) is 6.92 Å². The molecule has 0 saturated heterocycles. The van der Waals surface area contributed by atoms with E-state index in [1.54, 1.807) is 6.92 Å². The number of rotatable bonds is 1. The molecule has 3 N–H and O–H groups in total. The fourth-order valence-corrected chi connectivity index (χ4v) is 2.49. The Morgan fingerprint density at radius 2 is 1.89 bits per heavy atom. The highest BCUT2D eigenvalue weighted by Gasteiger charge is 2.32. The number of hydrogen-bond acceptors (Lipinski definition) is 4. The lowest BCUT2D eigenvalue weighted by Crippen LogP contribution is -2.25. The third-order valence-corrected chi connectivity index (χ3v) is 3.71. The second-order valence-corrected chi connectivity index (χ2v) is 4.70. The lowest BCUT2D eigenvalue weighted by Gasteiger charge is -2.31. The molecule has 0 radical (unpaired) electrons. The SMILES string of the molecule is Cc1c(O)c(C(=O)O)c(O)c2c1[C@@H](C)[C@H](C)OC2. The van der Waals surface area contributed by atoms with Gasteiger partial charge in [-0.15, -0.1) is 0 Å². The number of carboxylic acid groups (broad SMARTS) is 1. The number of carboxylic acids is 1. The zero-order valence-electron chi connectivity index (χ0n) is 10.5. The zero-order chi connectivity index (χ0) is 13.6. The predicted octanol–water partition coefficient (Wildman–Crippen LogP) is 2.13. The molecule has 5 nitrogen and oxygen atoms in total. The Kier molecular flexibility index (Phi) is 2.94.